The van der Waals surface area contributed by atoms with Gasteiger partial charge < -0.3 is 20.6 Å². The maximum atomic E-state index is 12.4. The first-order valence-corrected chi connectivity index (χ1v) is 22.3. The topological polar surface area (TPSA) is 89.8 Å². The number of amides is 1. The molecule has 0 aliphatic heterocycles. The van der Waals surface area contributed by atoms with Crippen molar-refractivity contribution in [2.75, 3.05) is 6.61 Å². The number of carbonyl (C=O) groups excluding carboxylic acids is 1. The van der Waals surface area contributed by atoms with Crippen molar-refractivity contribution in [2.45, 2.75) is 244 Å². The van der Waals surface area contributed by atoms with Gasteiger partial charge in [-0.2, -0.15) is 0 Å². The average molecular weight is 718 g/mol. The van der Waals surface area contributed by atoms with E-state index in [1.807, 2.05) is 6.08 Å². The van der Waals surface area contributed by atoms with E-state index in [0.717, 1.165) is 38.5 Å². The van der Waals surface area contributed by atoms with Gasteiger partial charge in [-0.1, -0.05) is 211 Å². The summed E-state index contributed by atoms with van der Waals surface area (Å²) < 4.78 is 0. The third-order valence-electron chi connectivity index (χ3n) is 10.2. The molecule has 0 aromatic rings. The minimum atomic E-state index is -0.956. The van der Waals surface area contributed by atoms with Gasteiger partial charge in [0.05, 0.1) is 31.3 Å². The molecule has 3 atom stereocenters. The molecule has 0 aliphatic carbocycles. The van der Waals surface area contributed by atoms with E-state index in [1.165, 1.54) is 161 Å². The summed E-state index contributed by atoms with van der Waals surface area (Å²) in [5, 5.41) is 33.1. The van der Waals surface area contributed by atoms with Crippen molar-refractivity contribution in [2.24, 2.45) is 0 Å². The zero-order valence-corrected chi connectivity index (χ0v) is 34.0. The van der Waals surface area contributed by atoms with Crippen LogP contribution < -0.4 is 5.32 Å². The molecule has 0 fully saturated rings. The normalized spacial score (nSPS) is 13.9. The summed E-state index contributed by atoms with van der Waals surface area (Å²) >= 11 is 0. The van der Waals surface area contributed by atoms with Gasteiger partial charge in [0.15, 0.2) is 0 Å². The van der Waals surface area contributed by atoms with E-state index in [1.54, 1.807) is 6.08 Å². The highest BCUT2D eigenvalue weighted by Crippen LogP contribution is 2.16. The summed E-state index contributed by atoms with van der Waals surface area (Å²) in [7, 11) is 0. The van der Waals surface area contributed by atoms with Crippen molar-refractivity contribution >= 4 is 5.91 Å². The maximum absolute atomic E-state index is 12.4. The fourth-order valence-corrected chi connectivity index (χ4v) is 6.72. The van der Waals surface area contributed by atoms with Crippen LogP contribution in [-0.2, 0) is 4.79 Å². The Morgan fingerprint density at radius 3 is 1.25 bits per heavy atom. The fraction of sp³-hybridized carbons (Fsp3) is 0.848. The lowest BCUT2D eigenvalue weighted by Gasteiger charge is -2.21. The molecule has 0 saturated heterocycles. The van der Waals surface area contributed by atoms with E-state index in [2.05, 4.69) is 43.5 Å². The van der Waals surface area contributed by atoms with Gasteiger partial charge >= 0.3 is 0 Å². The van der Waals surface area contributed by atoms with Crippen molar-refractivity contribution in [1.82, 2.24) is 5.32 Å². The first-order chi connectivity index (χ1) is 25.0. The van der Waals surface area contributed by atoms with E-state index in [-0.39, 0.29) is 18.9 Å². The highest BCUT2D eigenvalue weighted by molar-refractivity contribution is 5.76. The standard InChI is InChI=1S/C46H87NO4/c1-3-5-7-9-11-13-15-17-18-19-20-21-22-23-24-25-26-28-29-31-33-35-37-39-43(49)41-46(51)47-44(42-48)45(50)40-38-36-34-32-30-27-16-14-12-10-8-6-4-2/h12,14,30,32,38,40,43-45,48-50H,3-11,13,15-29,31,33-37,39,41-42H2,1-2H3,(H,47,51)/b14-12+,32-30+,40-38+. The minimum Gasteiger partial charge on any atom is -0.394 e. The van der Waals surface area contributed by atoms with E-state index in [9.17, 15) is 20.1 Å². The summed E-state index contributed by atoms with van der Waals surface area (Å²) in [5.41, 5.74) is 0. The molecule has 0 radical (unpaired) electrons. The molecule has 5 nitrogen and oxygen atoms in total. The quantitative estimate of drug-likeness (QED) is 0.0375. The molecule has 0 rings (SSSR count). The van der Waals surface area contributed by atoms with Crippen LogP contribution in [-0.4, -0.2) is 46.1 Å². The first-order valence-electron chi connectivity index (χ1n) is 22.3. The highest BCUT2D eigenvalue weighted by atomic mass is 16.3. The van der Waals surface area contributed by atoms with Crippen molar-refractivity contribution in [3.05, 3.63) is 36.5 Å². The molecule has 51 heavy (non-hydrogen) atoms. The van der Waals surface area contributed by atoms with Crippen LogP contribution >= 0.6 is 0 Å². The predicted octanol–water partition coefficient (Wildman–Crippen LogP) is 12.8. The van der Waals surface area contributed by atoms with Crippen LogP contribution in [0, 0.1) is 0 Å². The van der Waals surface area contributed by atoms with Gasteiger partial charge in [0, 0.05) is 0 Å². The smallest absolute Gasteiger partial charge is 0.222 e. The number of aliphatic hydroxyl groups is 3. The Labute approximate surface area is 317 Å². The van der Waals surface area contributed by atoms with Crippen LogP contribution in [0.1, 0.15) is 226 Å². The second-order valence-corrected chi connectivity index (χ2v) is 15.3. The minimum absolute atomic E-state index is 0.00493. The number of carbonyl (C=O) groups is 1. The molecule has 1 amide bonds. The Hall–Kier alpha value is -1.43. The summed E-state index contributed by atoms with van der Waals surface area (Å²) in [4.78, 5) is 12.4. The largest absolute Gasteiger partial charge is 0.394 e. The van der Waals surface area contributed by atoms with Crippen LogP contribution in [0.25, 0.3) is 0 Å². The molecule has 0 bridgehead atoms. The summed E-state index contributed by atoms with van der Waals surface area (Å²) in [6.07, 6.45) is 51.5. The van der Waals surface area contributed by atoms with Crippen LogP contribution in [0.4, 0.5) is 0 Å². The summed E-state index contributed by atoms with van der Waals surface area (Å²) in [6.45, 7) is 4.17. The van der Waals surface area contributed by atoms with E-state index < -0.39 is 18.2 Å². The molecule has 0 spiro atoms. The molecule has 0 heterocycles. The van der Waals surface area contributed by atoms with Gasteiger partial charge in [-0.25, -0.2) is 0 Å². The van der Waals surface area contributed by atoms with Gasteiger partial charge in [-0.3, -0.25) is 4.79 Å². The lowest BCUT2D eigenvalue weighted by molar-refractivity contribution is -0.124. The van der Waals surface area contributed by atoms with E-state index in [0.29, 0.717) is 6.42 Å². The Bertz CT molecular complexity index is 794. The lowest BCUT2D eigenvalue weighted by atomic mass is 10.0. The van der Waals surface area contributed by atoms with Gasteiger partial charge in [0.2, 0.25) is 5.91 Å². The number of rotatable bonds is 40. The Balaban J connectivity index is 3.63. The molecule has 3 unspecified atom stereocenters. The Morgan fingerprint density at radius 2 is 0.843 bits per heavy atom. The van der Waals surface area contributed by atoms with Gasteiger partial charge in [0.25, 0.3) is 0 Å². The van der Waals surface area contributed by atoms with E-state index in [4.69, 9.17) is 0 Å². The molecule has 5 heteroatoms. The second-order valence-electron chi connectivity index (χ2n) is 15.3. The average Bonchev–Trinajstić information content (AvgIpc) is 3.12. The molecule has 0 aromatic carbocycles. The molecule has 300 valence electrons. The summed E-state index contributed by atoms with van der Waals surface area (Å²) in [5.74, 6) is -0.328. The van der Waals surface area contributed by atoms with Crippen LogP contribution in [0.15, 0.2) is 36.5 Å². The number of hydrogen-bond acceptors (Lipinski definition) is 4. The zero-order valence-electron chi connectivity index (χ0n) is 34.0. The number of unbranched alkanes of at least 4 members (excludes halogenated alkanes) is 27. The Kier molecular flexibility index (Phi) is 40.2. The predicted molar refractivity (Wildman–Crippen MR) is 222 cm³/mol. The van der Waals surface area contributed by atoms with Gasteiger partial charge in [0.1, 0.15) is 0 Å². The lowest BCUT2D eigenvalue weighted by Crippen LogP contribution is -2.45. The van der Waals surface area contributed by atoms with Crippen molar-refractivity contribution < 1.29 is 20.1 Å². The van der Waals surface area contributed by atoms with Gasteiger partial charge in [-0.15, -0.1) is 0 Å². The third kappa shape index (κ3) is 38.1. The molecular weight excluding hydrogens is 631 g/mol. The zero-order chi connectivity index (χ0) is 37.3. The van der Waals surface area contributed by atoms with Crippen LogP contribution in [0.5, 0.6) is 0 Å². The number of aliphatic hydroxyl groups excluding tert-OH is 3. The molecule has 4 N–H and O–H groups in total. The first kappa shape index (κ1) is 49.6. The van der Waals surface area contributed by atoms with Crippen LogP contribution in [0.2, 0.25) is 0 Å². The number of allylic oxidation sites excluding steroid dienone is 5. The van der Waals surface area contributed by atoms with Crippen LogP contribution in [0.3, 0.4) is 0 Å². The molecule has 0 saturated carbocycles. The molecule has 0 aromatic heterocycles. The Morgan fingerprint density at radius 1 is 0.490 bits per heavy atom. The second kappa shape index (κ2) is 41.3. The molecule has 0 aliphatic rings. The monoisotopic (exact) mass is 718 g/mol. The maximum Gasteiger partial charge on any atom is 0.222 e. The number of hydrogen-bond donors (Lipinski definition) is 4. The highest BCUT2D eigenvalue weighted by Gasteiger charge is 2.20. The molecular formula is C46H87NO4. The van der Waals surface area contributed by atoms with Crippen molar-refractivity contribution in [3.8, 4) is 0 Å². The van der Waals surface area contributed by atoms with Crippen molar-refractivity contribution in [1.29, 1.82) is 0 Å². The van der Waals surface area contributed by atoms with E-state index >= 15 is 0 Å². The van der Waals surface area contributed by atoms with Gasteiger partial charge in [-0.05, 0) is 44.9 Å². The SMILES string of the molecule is CCCCC/C=C/CC/C=C/CC/C=C/C(O)C(CO)NC(=O)CC(O)CCCCCCCCCCCCCCCCCCCCCCCCC. The number of nitrogens with one attached hydrogen (secondary N) is 1. The summed E-state index contributed by atoms with van der Waals surface area (Å²) in [6, 6.07) is -0.764. The van der Waals surface area contributed by atoms with Crippen molar-refractivity contribution in [3.63, 3.8) is 0 Å². The third-order valence-corrected chi connectivity index (χ3v) is 10.2. The fourth-order valence-electron chi connectivity index (χ4n) is 6.72.